The van der Waals surface area contributed by atoms with Crippen molar-refractivity contribution >= 4 is 12.3 Å². The predicted molar refractivity (Wildman–Crippen MR) is 190 cm³/mol. The van der Waals surface area contributed by atoms with Crippen LogP contribution in [0.2, 0.25) is 0 Å². The summed E-state index contributed by atoms with van der Waals surface area (Å²) in [7, 11) is 3.38. The SMILES string of the molecule is COc1ccc(COC(=O)[C@@]23C(C(C)C)=C[C@H]4C[C@]2(C=O)[C@@H]2CC[C@@H](C)[C@H]2C[C@]43OC[C@H]2CN(Cc3ccccc3)C[C@H](OC)[C@@H](C)O2)cc1. The number of rotatable bonds is 12. The Morgan fingerprint density at radius 1 is 1.00 bits per heavy atom. The highest BCUT2D eigenvalue weighted by atomic mass is 16.6. The summed E-state index contributed by atoms with van der Waals surface area (Å²) in [5.74, 6) is 1.28. The van der Waals surface area contributed by atoms with Gasteiger partial charge in [-0.3, -0.25) is 9.69 Å². The fourth-order valence-electron chi connectivity index (χ4n) is 11.1. The molecule has 4 aliphatic carbocycles. The zero-order chi connectivity index (χ0) is 35.3. The van der Waals surface area contributed by atoms with Crippen LogP contribution in [-0.2, 0) is 41.7 Å². The molecule has 2 aromatic carbocycles. The average molecular weight is 686 g/mol. The molecule has 4 bridgehead atoms. The highest BCUT2D eigenvalue weighted by molar-refractivity contribution is 5.92. The van der Waals surface area contributed by atoms with Crippen LogP contribution in [0.25, 0.3) is 0 Å². The average Bonchev–Trinajstić information content (AvgIpc) is 3.64. The molecule has 0 unspecified atom stereocenters. The summed E-state index contributed by atoms with van der Waals surface area (Å²) in [6, 6.07) is 18.1. The Morgan fingerprint density at radius 3 is 2.44 bits per heavy atom. The minimum Gasteiger partial charge on any atom is -0.497 e. The number of methoxy groups -OCH3 is 2. The van der Waals surface area contributed by atoms with Crippen molar-refractivity contribution in [3.05, 3.63) is 77.4 Å². The number of hydrogen-bond donors (Lipinski definition) is 0. The van der Waals surface area contributed by atoms with Gasteiger partial charge in [0.05, 0.1) is 43.0 Å². The van der Waals surface area contributed by atoms with Gasteiger partial charge in [0.25, 0.3) is 0 Å². The summed E-state index contributed by atoms with van der Waals surface area (Å²) in [5, 5.41) is 0. The van der Waals surface area contributed by atoms with E-state index in [1.807, 2.05) is 30.3 Å². The van der Waals surface area contributed by atoms with Gasteiger partial charge >= 0.3 is 5.97 Å². The minimum absolute atomic E-state index is 0.0458. The van der Waals surface area contributed by atoms with Crippen LogP contribution < -0.4 is 4.74 Å². The first-order valence-electron chi connectivity index (χ1n) is 18.7. The Balaban J connectivity index is 1.24. The number of hydrogen-bond acceptors (Lipinski definition) is 8. The first-order chi connectivity index (χ1) is 24.1. The third-order valence-electron chi connectivity index (χ3n) is 13.3. The van der Waals surface area contributed by atoms with Crippen molar-refractivity contribution in [2.45, 2.75) is 90.4 Å². The summed E-state index contributed by atoms with van der Waals surface area (Å²) >= 11 is 0. The molecule has 1 saturated heterocycles. The second-order valence-corrected chi connectivity index (χ2v) is 16.1. The summed E-state index contributed by atoms with van der Waals surface area (Å²) < 4.78 is 31.8. The molecule has 8 heteroatoms. The van der Waals surface area contributed by atoms with Crippen molar-refractivity contribution in [2.24, 2.45) is 40.4 Å². The molecule has 8 nitrogen and oxygen atoms in total. The highest BCUT2D eigenvalue weighted by Gasteiger charge is 2.85. The van der Waals surface area contributed by atoms with E-state index in [0.717, 1.165) is 49.2 Å². The molecule has 0 amide bonds. The molecule has 5 aliphatic rings. The summed E-state index contributed by atoms with van der Waals surface area (Å²) in [6.07, 6.45) is 6.34. The van der Waals surface area contributed by atoms with Crippen LogP contribution in [-0.4, -0.2) is 75.0 Å². The standard InChI is InChI=1S/C42H55NO7/c1-27(2)37-18-32-19-40(26-44)36-17-12-28(3)35(36)20-41(32,42(37,40)39(45)48-24-31-13-15-33(46-5)16-14-31)49-25-34-22-43(21-30-10-8-7-9-11-30)23-38(47-6)29(4)50-34/h7-11,13-16,18,26-29,32,34-36,38H,12,17,19-25H2,1-6H3/t28-,29-,32+,34-,35-,36-,38+,40+,41+,42+/m1/s1. The van der Waals surface area contributed by atoms with Gasteiger partial charge in [0.1, 0.15) is 24.1 Å². The summed E-state index contributed by atoms with van der Waals surface area (Å²) in [4.78, 5) is 31.5. The van der Waals surface area contributed by atoms with Gasteiger partial charge in [-0.2, -0.15) is 0 Å². The Morgan fingerprint density at radius 2 is 1.76 bits per heavy atom. The van der Waals surface area contributed by atoms with Crippen molar-refractivity contribution in [3.8, 4) is 5.75 Å². The van der Waals surface area contributed by atoms with E-state index in [-0.39, 0.29) is 48.6 Å². The summed E-state index contributed by atoms with van der Waals surface area (Å²) in [6.45, 7) is 11.3. The number of nitrogens with zero attached hydrogens (tertiary/aromatic N) is 1. The molecule has 0 N–H and O–H groups in total. The van der Waals surface area contributed by atoms with Crippen LogP contribution in [0.1, 0.15) is 64.5 Å². The molecular formula is C42H55NO7. The van der Waals surface area contributed by atoms with Gasteiger partial charge in [0.15, 0.2) is 0 Å². The van der Waals surface area contributed by atoms with Gasteiger partial charge in [-0.05, 0) is 73.1 Å². The van der Waals surface area contributed by atoms with Crippen molar-refractivity contribution in [1.82, 2.24) is 4.90 Å². The van der Waals surface area contributed by atoms with Crippen molar-refractivity contribution < 1.29 is 33.3 Å². The number of carbonyl (C=O) groups is 2. The number of fused-ring (bicyclic) bond motifs is 2. The van der Waals surface area contributed by atoms with Crippen LogP contribution in [0.4, 0.5) is 0 Å². The fourth-order valence-corrected chi connectivity index (χ4v) is 11.1. The maximum atomic E-state index is 15.2. The molecule has 1 heterocycles. The second-order valence-electron chi connectivity index (χ2n) is 16.1. The van der Waals surface area contributed by atoms with Gasteiger partial charge in [0, 0.05) is 32.7 Å². The lowest BCUT2D eigenvalue weighted by Gasteiger charge is -2.58. The third-order valence-corrected chi connectivity index (χ3v) is 13.3. The zero-order valence-electron chi connectivity index (χ0n) is 30.6. The second kappa shape index (κ2) is 13.8. The van der Waals surface area contributed by atoms with Gasteiger partial charge < -0.3 is 28.5 Å². The lowest BCUT2D eigenvalue weighted by molar-refractivity contribution is -0.222. The third kappa shape index (κ3) is 5.48. The van der Waals surface area contributed by atoms with Gasteiger partial charge in [0.2, 0.25) is 0 Å². The van der Waals surface area contributed by atoms with E-state index in [0.29, 0.717) is 31.4 Å². The maximum Gasteiger partial charge on any atom is 0.320 e. The van der Waals surface area contributed by atoms with Crippen molar-refractivity contribution in [1.29, 1.82) is 0 Å². The number of carbonyl (C=O) groups excluding carboxylic acids is 2. The van der Waals surface area contributed by atoms with E-state index in [1.54, 1.807) is 14.2 Å². The van der Waals surface area contributed by atoms with Crippen molar-refractivity contribution in [3.63, 3.8) is 0 Å². The van der Waals surface area contributed by atoms with Crippen LogP contribution in [0.5, 0.6) is 5.75 Å². The van der Waals surface area contributed by atoms with E-state index in [2.05, 4.69) is 62.9 Å². The molecule has 3 saturated carbocycles. The van der Waals surface area contributed by atoms with Gasteiger partial charge in [-0.25, -0.2) is 0 Å². The minimum atomic E-state index is -1.20. The molecular weight excluding hydrogens is 630 g/mol. The molecule has 4 fully saturated rings. The molecule has 270 valence electrons. The molecule has 50 heavy (non-hydrogen) atoms. The normalized spacial score (nSPS) is 37.7. The first-order valence-corrected chi connectivity index (χ1v) is 18.7. The smallest absolute Gasteiger partial charge is 0.320 e. The highest BCUT2D eigenvalue weighted by Crippen LogP contribution is 2.80. The molecule has 0 aromatic heterocycles. The molecule has 0 spiro atoms. The monoisotopic (exact) mass is 685 g/mol. The molecule has 7 rings (SSSR count). The van der Waals surface area contributed by atoms with Crippen LogP contribution >= 0.6 is 0 Å². The van der Waals surface area contributed by atoms with Crippen LogP contribution in [0.15, 0.2) is 66.2 Å². The summed E-state index contributed by atoms with van der Waals surface area (Å²) in [5.41, 5.74) is 0.144. The number of ether oxygens (including phenoxy) is 5. The van der Waals surface area contributed by atoms with Crippen LogP contribution in [0, 0.1) is 40.4 Å². The Bertz CT molecular complexity index is 1560. The largest absolute Gasteiger partial charge is 0.497 e. The number of esters is 1. The van der Waals surface area contributed by atoms with E-state index in [1.165, 1.54) is 11.8 Å². The molecule has 2 aromatic rings. The lowest BCUT2D eigenvalue weighted by Crippen LogP contribution is -2.67. The Kier molecular flexibility index (Phi) is 9.78. The Labute approximate surface area is 297 Å². The quantitative estimate of drug-likeness (QED) is 0.140. The van der Waals surface area contributed by atoms with Gasteiger partial charge in [-0.1, -0.05) is 81.3 Å². The van der Waals surface area contributed by atoms with E-state index >= 15 is 4.79 Å². The van der Waals surface area contributed by atoms with Crippen LogP contribution in [0.3, 0.4) is 0 Å². The fraction of sp³-hybridized carbons (Fsp3) is 0.619. The number of benzene rings is 2. The Hall–Kier alpha value is -3.04. The predicted octanol–water partition coefficient (Wildman–Crippen LogP) is 6.65. The molecule has 1 aliphatic heterocycles. The molecule has 0 radical (unpaired) electrons. The lowest BCUT2D eigenvalue weighted by atomic mass is 9.45. The topological polar surface area (TPSA) is 83.5 Å². The first kappa shape index (κ1) is 35.4. The van der Waals surface area contributed by atoms with E-state index in [4.69, 9.17) is 23.7 Å². The molecule has 10 atom stereocenters. The zero-order valence-corrected chi connectivity index (χ0v) is 30.6. The number of aldehydes is 1. The van der Waals surface area contributed by atoms with E-state index < -0.39 is 16.4 Å². The van der Waals surface area contributed by atoms with E-state index in [9.17, 15) is 4.79 Å². The van der Waals surface area contributed by atoms with Gasteiger partial charge in [-0.15, -0.1) is 0 Å². The van der Waals surface area contributed by atoms with Crippen molar-refractivity contribution in [2.75, 3.05) is 33.9 Å². The maximum absolute atomic E-state index is 15.2.